The van der Waals surface area contributed by atoms with Gasteiger partial charge < -0.3 is 14.8 Å². The molecule has 0 fully saturated rings. The third-order valence-corrected chi connectivity index (χ3v) is 2.24. The summed E-state index contributed by atoms with van der Waals surface area (Å²) in [5, 5.41) is 5.79. The average Bonchev–Trinajstić information content (AvgIpc) is 2.42. The Labute approximate surface area is 104 Å². The molecule has 0 spiro atoms. The van der Waals surface area contributed by atoms with Crippen molar-refractivity contribution in [1.29, 1.82) is 0 Å². The Bertz CT molecular complexity index is 469. The fraction of sp³-hybridized carbons (Fsp3) is 0.364. The van der Waals surface area contributed by atoms with Crippen molar-refractivity contribution in [2.75, 3.05) is 20.8 Å². The molecule has 0 aliphatic rings. The zero-order chi connectivity index (χ0) is 13.4. The molecule has 18 heavy (non-hydrogen) atoms. The predicted molar refractivity (Wildman–Crippen MR) is 65.4 cm³/mol. The van der Waals surface area contributed by atoms with Gasteiger partial charge in [0.15, 0.2) is 0 Å². The summed E-state index contributed by atoms with van der Waals surface area (Å²) in [6.45, 7) is 0.0585. The number of carbonyl (C=O) groups is 1. The lowest BCUT2D eigenvalue weighted by molar-refractivity contribution is -0.119. The van der Waals surface area contributed by atoms with Gasteiger partial charge in [-0.2, -0.15) is 0 Å². The smallest absolute Gasteiger partial charge is 0.226 e. The molecule has 1 N–H and O–H groups in total. The molecule has 0 bridgehead atoms. The molecule has 1 rings (SSSR count). The van der Waals surface area contributed by atoms with Gasteiger partial charge in [-0.1, -0.05) is 5.11 Å². The number of azide groups is 1. The maximum atomic E-state index is 11.3. The lowest BCUT2D eigenvalue weighted by atomic mass is 10.2. The fourth-order valence-corrected chi connectivity index (χ4v) is 1.37. The average molecular weight is 250 g/mol. The molecule has 0 aromatic heterocycles. The molecule has 0 aliphatic heterocycles. The molecule has 1 aromatic rings. The predicted octanol–water partition coefficient (Wildman–Crippen LogP) is 1.63. The molecule has 0 heterocycles. The Morgan fingerprint density at radius 1 is 1.44 bits per heavy atom. The van der Waals surface area contributed by atoms with Crippen molar-refractivity contribution in [3.05, 3.63) is 34.2 Å². The highest BCUT2D eigenvalue weighted by Crippen LogP contribution is 2.23. The van der Waals surface area contributed by atoms with E-state index in [1.807, 2.05) is 0 Å². The molecular weight excluding hydrogens is 236 g/mol. The van der Waals surface area contributed by atoms with E-state index in [-0.39, 0.29) is 19.0 Å². The largest absolute Gasteiger partial charge is 0.497 e. The monoisotopic (exact) mass is 250 g/mol. The Balaban J connectivity index is 2.70. The molecule has 0 saturated heterocycles. The van der Waals surface area contributed by atoms with E-state index in [0.717, 1.165) is 5.56 Å². The lowest BCUT2D eigenvalue weighted by Gasteiger charge is -2.10. The maximum absolute atomic E-state index is 11.3. The quantitative estimate of drug-likeness (QED) is 0.472. The van der Waals surface area contributed by atoms with Crippen LogP contribution in [0.5, 0.6) is 11.5 Å². The Morgan fingerprint density at radius 2 is 2.22 bits per heavy atom. The highest BCUT2D eigenvalue weighted by molar-refractivity contribution is 5.78. The lowest BCUT2D eigenvalue weighted by Crippen LogP contribution is -2.25. The van der Waals surface area contributed by atoms with Crippen molar-refractivity contribution in [3.8, 4) is 11.5 Å². The number of methoxy groups -OCH3 is 2. The van der Waals surface area contributed by atoms with Crippen molar-refractivity contribution < 1.29 is 14.3 Å². The summed E-state index contributed by atoms with van der Waals surface area (Å²) in [5.41, 5.74) is 8.88. The molecule has 0 radical (unpaired) electrons. The van der Waals surface area contributed by atoms with Crippen LogP contribution >= 0.6 is 0 Å². The maximum Gasteiger partial charge on any atom is 0.226 e. The van der Waals surface area contributed by atoms with Crippen LogP contribution in [0.1, 0.15) is 5.56 Å². The van der Waals surface area contributed by atoms with E-state index < -0.39 is 0 Å². The number of nitrogens with one attached hydrogen (secondary N) is 1. The first-order chi connectivity index (χ1) is 8.71. The van der Waals surface area contributed by atoms with Gasteiger partial charge >= 0.3 is 0 Å². The molecule has 96 valence electrons. The molecular formula is C11H14N4O3. The fourth-order valence-electron chi connectivity index (χ4n) is 1.37. The van der Waals surface area contributed by atoms with E-state index >= 15 is 0 Å². The highest BCUT2D eigenvalue weighted by atomic mass is 16.5. The van der Waals surface area contributed by atoms with Crippen LogP contribution in [0.25, 0.3) is 10.4 Å². The number of ether oxygens (including phenoxy) is 2. The van der Waals surface area contributed by atoms with E-state index in [2.05, 4.69) is 15.3 Å². The van der Waals surface area contributed by atoms with Crippen LogP contribution in [0.2, 0.25) is 0 Å². The third kappa shape index (κ3) is 3.88. The summed E-state index contributed by atoms with van der Waals surface area (Å²) in [5.74, 6) is 0.979. The van der Waals surface area contributed by atoms with Crippen molar-refractivity contribution >= 4 is 5.91 Å². The first kappa shape index (κ1) is 13.7. The van der Waals surface area contributed by atoms with Crippen LogP contribution in [0.4, 0.5) is 0 Å². The second-order valence-corrected chi connectivity index (χ2v) is 3.34. The van der Waals surface area contributed by atoms with Gasteiger partial charge in [0, 0.05) is 17.0 Å². The highest BCUT2D eigenvalue weighted by Gasteiger charge is 2.06. The number of hydrogen-bond donors (Lipinski definition) is 1. The standard InChI is InChI=1S/C11H14N4O3/c1-17-9-3-4-10(18-2)8(5-9)6-13-11(16)7-14-15-12/h3-5H,6-7H2,1-2H3,(H,13,16). The van der Waals surface area contributed by atoms with E-state index in [9.17, 15) is 4.79 Å². The minimum absolute atomic E-state index is 0.219. The van der Waals surface area contributed by atoms with E-state index in [1.165, 1.54) is 0 Å². The van der Waals surface area contributed by atoms with Gasteiger partial charge in [0.2, 0.25) is 5.91 Å². The van der Waals surface area contributed by atoms with Crippen LogP contribution in [0.15, 0.2) is 23.3 Å². The van der Waals surface area contributed by atoms with Crippen molar-refractivity contribution in [1.82, 2.24) is 5.32 Å². The van der Waals surface area contributed by atoms with Crippen LogP contribution in [-0.2, 0) is 11.3 Å². The second-order valence-electron chi connectivity index (χ2n) is 3.34. The van der Waals surface area contributed by atoms with Gasteiger partial charge in [0.25, 0.3) is 0 Å². The molecule has 7 heteroatoms. The summed E-state index contributed by atoms with van der Waals surface area (Å²) in [4.78, 5) is 13.8. The first-order valence-electron chi connectivity index (χ1n) is 5.19. The van der Waals surface area contributed by atoms with Crippen molar-refractivity contribution in [2.45, 2.75) is 6.54 Å². The SMILES string of the molecule is COc1ccc(OC)c(CNC(=O)CN=[N+]=[N-])c1. The van der Waals surface area contributed by atoms with Gasteiger partial charge in [-0.15, -0.1) is 0 Å². The Kier molecular flexibility index (Phi) is 5.34. The molecule has 0 aliphatic carbocycles. The van der Waals surface area contributed by atoms with E-state index in [1.54, 1.807) is 32.4 Å². The minimum atomic E-state index is -0.349. The van der Waals surface area contributed by atoms with Crippen LogP contribution < -0.4 is 14.8 Å². The Morgan fingerprint density at radius 3 is 2.83 bits per heavy atom. The van der Waals surface area contributed by atoms with Gasteiger partial charge in [0.1, 0.15) is 18.0 Å². The van der Waals surface area contributed by atoms with Gasteiger partial charge in [0.05, 0.1) is 14.2 Å². The van der Waals surface area contributed by atoms with Crippen molar-refractivity contribution in [3.63, 3.8) is 0 Å². The zero-order valence-electron chi connectivity index (χ0n) is 10.2. The molecule has 7 nitrogen and oxygen atoms in total. The summed E-state index contributed by atoms with van der Waals surface area (Å²) in [6, 6.07) is 5.30. The normalized spacial score (nSPS) is 9.22. The van der Waals surface area contributed by atoms with E-state index in [0.29, 0.717) is 11.5 Å². The number of nitrogens with zero attached hydrogens (tertiary/aromatic N) is 3. The van der Waals surface area contributed by atoms with Crippen LogP contribution in [0.3, 0.4) is 0 Å². The van der Waals surface area contributed by atoms with Crippen molar-refractivity contribution in [2.24, 2.45) is 5.11 Å². The van der Waals surface area contributed by atoms with E-state index in [4.69, 9.17) is 15.0 Å². The number of rotatable bonds is 6. The summed E-state index contributed by atoms with van der Waals surface area (Å²) < 4.78 is 10.3. The molecule has 0 unspecified atom stereocenters. The molecule has 0 atom stereocenters. The number of carbonyl (C=O) groups excluding carboxylic acids is 1. The second kappa shape index (κ2) is 7.03. The summed E-state index contributed by atoms with van der Waals surface area (Å²) >= 11 is 0. The van der Waals surface area contributed by atoms with Gasteiger partial charge in [-0.05, 0) is 23.7 Å². The zero-order valence-corrected chi connectivity index (χ0v) is 10.2. The number of amides is 1. The van der Waals surface area contributed by atoms with Crippen LogP contribution in [-0.4, -0.2) is 26.7 Å². The van der Waals surface area contributed by atoms with Gasteiger partial charge in [-0.3, -0.25) is 4.79 Å². The van der Waals surface area contributed by atoms with Crippen LogP contribution in [0, 0.1) is 0 Å². The summed E-state index contributed by atoms with van der Waals surface area (Å²) in [6.07, 6.45) is 0. The van der Waals surface area contributed by atoms with Gasteiger partial charge in [-0.25, -0.2) is 0 Å². The summed E-state index contributed by atoms with van der Waals surface area (Å²) in [7, 11) is 3.11. The third-order valence-electron chi connectivity index (χ3n) is 2.24. The first-order valence-corrected chi connectivity index (χ1v) is 5.19. The molecule has 0 saturated carbocycles. The topological polar surface area (TPSA) is 96.3 Å². The Hall–Kier alpha value is -2.40. The number of benzene rings is 1. The minimum Gasteiger partial charge on any atom is -0.497 e. The molecule has 1 aromatic carbocycles. The number of hydrogen-bond acceptors (Lipinski definition) is 4. The molecule has 1 amide bonds.